The van der Waals surface area contributed by atoms with Gasteiger partial charge in [-0.15, -0.1) is 0 Å². The lowest BCUT2D eigenvalue weighted by molar-refractivity contribution is -0.140. The Morgan fingerprint density at radius 1 is 1.19 bits per heavy atom. The maximum atomic E-state index is 14.7. The van der Waals surface area contributed by atoms with Crippen LogP contribution in [0, 0.1) is 23.6 Å². The zero-order valence-electron chi connectivity index (χ0n) is 19.5. The Kier molecular flexibility index (Phi) is 11.3. The summed E-state index contributed by atoms with van der Waals surface area (Å²) in [5, 5.41) is 9.56. The van der Waals surface area contributed by atoms with Crippen LogP contribution in [0.5, 0.6) is 0 Å². The van der Waals surface area contributed by atoms with E-state index in [1.165, 1.54) is 51.4 Å². The Morgan fingerprint density at radius 2 is 1.87 bits per heavy atom. The molecule has 0 aromatic heterocycles. The van der Waals surface area contributed by atoms with E-state index in [-0.39, 0.29) is 24.9 Å². The van der Waals surface area contributed by atoms with Gasteiger partial charge in [0.2, 0.25) is 0 Å². The Morgan fingerprint density at radius 3 is 2.45 bits per heavy atom. The van der Waals surface area contributed by atoms with E-state index in [2.05, 4.69) is 13.5 Å². The number of unbranched alkanes of at least 4 members (excludes halogenated alkanes) is 2. The van der Waals surface area contributed by atoms with Gasteiger partial charge in [0.25, 0.3) is 0 Å². The van der Waals surface area contributed by atoms with Gasteiger partial charge in [-0.2, -0.15) is 0 Å². The van der Waals surface area contributed by atoms with Crippen LogP contribution >= 0.6 is 0 Å². The van der Waals surface area contributed by atoms with Crippen LogP contribution in [0.1, 0.15) is 82.8 Å². The first kappa shape index (κ1) is 25.6. The van der Waals surface area contributed by atoms with Gasteiger partial charge in [0, 0.05) is 18.1 Å². The number of aliphatic hydroxyl groups is 1. The van der Waals surface area contributed by atoms with Crippen molar-refractivity contribution < 1.29 is 19.0 Å². The molecule has 1 aromatic carbocycles. The number of ether oxygens (including phenoxy) is 1. The molecule has 1 aromatic rings. The third kappa shape index (κ3) is 9.14. The standard InChI is InChI=1S/C27H41FO3/c1-4-5-6-7-21-8-10-22(11-9-21)12-14-25-15-13-23(17-26(25)28)16-24(18-29)19-31-27(30)20(2)3/h13,15,17,21-22,24,29H,2,4-12,14,16,18-19H2,1,3H3. The second-order valence-electron chi connectivity index (χ2n) is 9.48. The van der Waals surface area contributed by atoms with Crippen molar-refractivity contribution in [1.29, 1.82) is 0 Å². The lowest BCUT2D eigenvalue weighted by atomic mass is 9.77. The van der Waals surface area contributed by atoms with E-state index in [0.29, 0.717) is 12.0 Å². The molecule has 0 heterocycles. The summed E-state index contributed by atoms with van der Waals surface area (Å²) in [5.41, 5.74) is 1.93. The van der Waals surface area contributed by atoms with Gasteiger partial charge in [-0.1, -0.05) is 77.0 Å². The Balaban J connectivity index is 1.76. The van der Waals surface area contributed by atoms with Crippen LogP contribution in [-0.2, 0) is 22.4 Å². The van der Waals surface area contributed by atoms with Gasteiger partial charge in [-0.3, -0.25) is 0 Å². The summed E-state index contributed by atoms with van der Waals surface area (Å²) in [6.07, 6.45) is 13.0. The molecule has 1 atom stereocenters. The summed E-state index contributed by atoms with van der Waals surface area (Å²) in [6.45, 7) is 7.38. The molecule has 1 unspecified atom stereocenters. The molecule has 1 fully saturated rings. The molecule has 1 N–H and O–H groups in total. The molecule has 0 saturated heterocycles. The van der Waals surface area contributed by atoms with E-state index < -0.39 is 5.97 Å². The normalized spacial score (nSPS) is 19.7. The zero-order chi connectivity index (χ0) is 22.6. The maximum absolute atomic E-state index is 14.7. The fraction of sp³-hybridized carbons (Fsp3) is 0.667. The van der Waals surface area contributed by atoms with Crippen LogP contribution in [0.15, 0.2) is 30.4 Å². The molecule has 1 aliphatic rings. The van der Waals surface area contributed by atoms with Gasteiger partial charge < -0.3 is 9.84 Å². The summed E-state index contributed by atoms with van der Waals surface area (Å²) >= 11 is 0. The van der Waals surface area contributed by atoms with E-state index in [1.54, 1.807) is 13.0 Å². The number of benzene rings is 1. The zero-order valence-corrected chi connectivity index (χ0v) is 19.5. The van der Waals surface area contributed by atoms with Crippen molar-refractivity contribution in [3.05, 3.63) is 47.3 Å². The summed E-state index contributed by atoms with van der Waals surface area (Å²) in [7, 11) is 0. The molecule has 3 nitrogen and oxygen atoms in total. The summed E-state index contributed by atoms with van der Waals surface area (Å²) in [5.74, 6) is 0.758. The monoisotopic (exact) mass is 432 g/mol. The lowest BCUT2D eigenvalue weighted by Gasteiger charge is -2.28. The van der Waals surface area contributed by atoms with Gasteiger partial charge in [-0.25, -0.2) is 9.18 Å². The highest BCUT2D eigenvalue weighted by Crippen LogP contribution is 2.34. The van der Waals surface area contributed by atoms with Crippen LogP contribution in [0.3, 0.4) is 0 Å². The van der Waals surface area contributed by atoms with Gasteiger partial charge in [0.1, 0.15) is 5.82 Å². The molecule has 31 heavy (non-hydrogen) atoms. The highest BCUT2D eigenvalue weighted by Gasteiger charge is 2.21. The lowest BCUT2D eigenvalue weighted by Crippen LogP contribution is -2.20. The van der Waals surface area contributed by atoms with Crippen molar-refractivity contribution in [1.82, 2.24) is 0 Å². The minimum atomic E-state index is -0.463. The number of aliphatic hydroxyl groups excluding tert-OH is 1. The van der Waals surface area contributed by atoms with Gasteiger partial charge >= 0.3 is 5.97 Å². The first-order valence-corrected chi connectivity index (χ1v) is 12.1. The van der Waals surface area contributed by atoms with Crippen molar-refractivity contribution in [3.8, 4) is 0 Å². The molecular weight excluding hydrogens is 391 g/mol. The van der Waals surface area contributed by atoms with E-state index in [0.717, 1.165) is 35.8 Å². The van der Waals surface area contributed by atoms with Crippen LogP contribution in [0.4, 0.5) is 4.39 Å². The van der Waals surface area contributed by atoms with Gasteiger partial charge in [0.05, 0.1) is 6.61 Å². The number of aryl methyl sites for hydroxylation is 1. The SMILES string of the molecule is C=C(C)C(=O)OCC(CO)Cc1ccc(CCC2CCC(CCCCC)CC2)c(F)c1. The molecule has 0 radical (unpaired) electrons. The minimum Gasteiger partial charge on any atom is -0.462 e. The van der Waals surface area contributed by atoms with Crippen LogP contribution < -0.4 is 0 Å². The molecule has 0 bridgehead atoms. The molecule has 0 spiro atoms. The van der Waals surface area contributed by atoms with E-state index in [4.69, 9.17) is 4.74 Å². The average molecular weight is 433 g/mol. The highest BCUT2D eigenvalue weighted by molar-refractivity contribution is 5.86. The van der Waals surface area contributed by atoms with Gasteiger partial charge in [0.15, 0.2) is 0 Å². The molecule has 1 saturated carbocycles. The maximum Gasteiger partial charge on any atom is 0.333 e. The number of carbonyl (C=O) groups excluding carboxylic acids is 1. The molecule has 2 rings (SSSR count). The van der Waals surface area contributed by atoms with Gasteiger partial charge in [-0.05, 0) is 55.2 Å². The van der Waals surface area contributed by atoms with Crippen molar-refractivity contribution in [2.24, 2.45) is 17.8 Å². The molecule has 174 valence electrons. The smallest absolute Gasteiger partial charge is 0.333 e. The topological polar surface area (TPSA) is 46.5 Å². The number of halogens is 1. The van der Waals surface area contributed by atoms with E-state index in [9.17, 15) is 14.3 Å². The van der Waals surface area contributed by atoms with Crippen LogP contribution in [0.25, 0.3) is 0 Å². The Bertz CT molecular complexity index is 692. The summed E-state index contributed by atoms with van der Waals surface area (Å²) in [4.78, 5) is 11.5. The summed E-state index contributed by atoms with van der Waals surface area (Å²) < 4.78 is 19.8. The second kappa shape index (κ2) is 13.7. The largest absolute Gasteiger partial charge is 0.462 e. The third-order valence-electron chi connectivity index (χ3n) is 6.70. The first-order valence-electron chi connectivity index (χ1n) is 12.1. The predicted molar refractivity (Wildman–Crippen MR) is 124 cm³/mol. The number of hydrogen-bond acceptors (Lipinski definition) is 3. The van der Waals surface area contributed by atoms with Crippen molar-refractivity contribution in [3.63, 3.8) is 0 Å². The average Bonchev–Trinajstić information content (AvgIpc) is 2.76. The Labute approximate surface area is 188 Å². The van der Waals surface area contributed by atoms with Crippen molar-refractivity contribution in [2.45, 2.75) is 84.5 Å². The molecule has 0 aliphatic heterocycles. The van der Waals surface area contributed by atoms with Crippen LogP contribution in [-0.4, -0.2) is 24.3 Å². The fourth-order valence-corrected chi connectivity index (χ4v) is 4.60. The fourth-order valence-electron chi connectivity index (χ4n) is 4.60. The van der Waals surface area contributed by atoms with Crippen LogP contribution in [0.2, 0.25) is 0 Å². The third-order valence-corrected chi connectivity index (χ3v) is 6.70. The quantitative estimate of drug-likeness (QED) is 0.222. The minimum absolute atomic E-state index is 0.104. The number of rotatable bonds is 13. The van der Waals surface area contributed by atoms with Crippen molar-refractivity contribution >= 4 is 5.97 Å². The molecule has 1 aliphatic carbocycles. The number of hydrogen-bond donors (Lipinski definition) is 1. The van der Waals surface area contributed by atoms with Crippen molar-refractivity contribution in [2.75, 3.05) is 13.2 Å². The number of carbonyl (C=O) groups is 1. The summed E-state index contributed by atoms with van der Waals surface area (Å²) in [6, 6.07) is 5.39. The van der Waals surface area contributed by atoms with E-state index in [1.807, 2.05) is 12.1 Å². The van der Waals surface area contributed by atoms with E-state index >= 15 is 0 Å². The molecular formula is C27H41FO3. The predicted octanol–water partition coefficient (Wildman–Crippen LogP) is 6.42. The molecule has 0 amide bonds. The molecule has 4 heteroatoms. The number of esters is 1. The highest BCUT2D eigenvalue weighted by atomic mass is 19.1. The Hall–Kier alpha value is -1.68. The second-order valence-corrected chi connectivity index (χ2v) is 9.48. The first-order chi connectivity index (χ1) is 14.9.